The van der Waals surface area contributed by atoms with Crippen LogP contribution in [0.3, 0.4) is 0 Å². The number of halogens is 1. The highest BCUT2D eigenvalue weighted by atomic mass is 35.5. The van der Waals surface area contributed by atoms with Crippen LogP contribution in [0.15, 0.2) is 36.7 Å². The molecule has 0 fully saturated rings. The first-order chi connectivity index (χ1) is 11.0. The van der Waals surface area contributed by atoms with Gasteiger partial charge in [-0.05, 0) is 44.8 Å². The number of nitrogens with zero attached hydrogens (tertiary/aromatic N) is 2. The van der Waals surface area contributed by atoms with Crippen molar-refractivity contribution in [3.05, 3.63) is 52.8 Å². The van der Waals surface area contributed by atoms with E-state index in [-0.39, 0.29) is 5.91 Å². The number of amides is 1. The van der Waals surface area contributed by atoms with Crippen LogP contribution in [0.4, 0.5) is 11.4 Å². The van der Waals surface area contributed by atoms with Gasteiger partial charge in [0.25, 0.3) is 5.91 Å². The number of aromatic nitrogens is 1. The maximum absolute atomic E-state index is 12.1. The van der Waals surface area contributed by atoms with E-state index in [1.54, 1.807) is 18.5 Å². The summed E-state index contributed by atoms with van der Waals surface area (Å²) >= 11 is 6.02. The highest BCUT2D eigenvalue weighted by molar-refractivity contribution is 6.30. The highest BCUT2D eigenvalue weighted by Crippen LogP contribution is 2.24. The van der Waals surface area contributed by atoms with Crippen molar-refractivity contribution in [1.82, 2.24) is 15.2 Å². The van der Waals surface area contributed by atoms with Crippen LogP contribution in [0, 0.1) is 6.92 Å². The molecule has 0 saturated carbocycles. The first-order valence-corrected chi connectivity index (χ1v) is 7.74. The van der Waals surface area contributed by atoms with E-state index in [0.717, 1.165) is 23.5 Å². The summed E-state index contributed by atoms with van der Waals surface area (Å²) in [6, 6.07) is 7.41. The van der Waals surface area contributed by atoms with Gasteiger partial charge in [0, 0.05) is 30.0 Å². The summed E-state index contributed by atoms with van der Waals surface area (Å²) < 4.78 is 0. The summed E-state index contributed by atoms with van der Waals surface area (Å²) in [7, 11) is 3.93. The van der Waals surface area contributed by atoms with Gasteiger partial charge in [0.2, 0.25) is 0 Å². The monoisotopic (exact) mass is 332 g/mol. The summed E-state index contributed by atoms with van der Waals surface area (Å²) in [5, 5.41) is 6.78. The predicted octanol–water partition coefficient (Wildman–Crippen LogP) is 3.08. The lowest BCUT2D eigenvalue weighted by Gasteiger charge is -2.12. The van der Waals surface area contributed by atoms with E-state index < -0.39 is 0 Å². The molecular formula is C17H21ClN4O. The number of pyridine rings is 1. The van der Waals surface area contributed by atoms with Crippen molar-refractivity contribution < 1.29 is 4.79 Å². The fourth-order valence-electron chi connectivity index (χ4n) is 2.01. The van der Waals surface area contributed by atoms with Crippen LogP contribution in [0.2, 0.25) is 5.02 Å². The molecule has 23 heavy (non-hydrogen) atoms. The molecular weight excluding hydrogens is 312 g/mol. The maximum Gasteiger partial charge on any atom is 0.252 e. The minimum atomic E-state index is -0.134. The van der Waals surface area contributed by atoms with Crippen LogP contribution >= 0.6 is 11.6 Å². The third-order valence-corrected chi connectivity index (χ3v) is 3.56. The lowest BCUT2D eigenvalue weighted by molar-refractivity contribution is 0.0950. The number of rotatable bonds is 6. The molecule has 1 amide bonds. The number of benzene rings is 1. The first-order valence-electron chi connectivity index (χ1n) is 7.37. The fourth-order valence-corrected chi connectivity index (χ4v) is 2.18. The second kappa shape index (κ2) is 7.94. The minimum Gasteiger partial charge on any atom is -0.354 e. The van der Waals surface area contributed by atoms with E-state index in [9.17, 15) is 4.79 Å². The number of likely N-dealkylation sites (N-methyl/N-ethyl adjacent to an activating group) is 1. The van der Waals surface area contributed by atoms with Crippen LogP contribution in [0.5, 0.6) is 0 Å². The average Bonchev–Trinajstić information content (AvgIpc) is 2.51. The normalized spacial score (nSPS) is 10.7. The molecule has 0 aliphatic rings. The van der Waals surface area contributed by atoms with Crippen molar-refractivity contribution in [2.75, 3.05) is 32.5 Å². The quantitative estimate of drug-likeness (QED) is 0.853. The number of anilines is 2. The molecule has 1 aromatic carbocycles. The molecule has 2 N–H and O–H groups in total. The Bertz CT molecular complexity index is 688. The number of aryl methyl sites for hydroxylation is 1. The third kappa shape index (κ3) is 5.23. The van der Waals surface area contributed by atoms with E-state index in [1.807, 2.05) is 44.1 Å². The van der Waals surface area contributed by atoms with Crippen molar-refractivity contribution in [3.8, 4) is 0 Å². The molecule has 0 aliphatic heterocycles. The maximum atomic E-state index is 12.1. The van der Waals surface area contributed by atoms with E-state index in [0.29, 0.717) is 17.1 Å². The number of carbonyl (C=O) groups excluding carboxylic acids is 1. The Morgan fingerprint density at radius 1 is 1.26 bits per heavy atom. The smallest absolute Gasteiger partial charge is 0.252 e. The van der Waals surface area contributed by atoms with E-state index >= 15 is 0 Å². The lowest BCUT2D eigenvalue weighted by atomic mass is 10.2. The van der Waals surface area contributed by atoms with Crippen LogP contribution < -0.4 is 10.6 Å². The Hall–Kier alpha value is -2.11. The number of hydrogen-bond donors (Lipinski definition) is 2. The largest absolute Gasteiger partial charge is 0.354 e. The van der Waals surface area contributed by atoms with Gasteiger partial charge in [-0.2, -0.15) is 0 Å². The number of nitrogens with one attached hydrogen (secondary N) is 2. The van der Waals surface area contributed by atoms with Crippen LogP contribution in [-0.2, 0) is 0 Å². The molecule has 122 valence electrons. The number of carbonyl (C=O) groups is 1. The Labute approximate surface area is 141 Å². The van der Waals surface area contributed by atoms with Crippen molar-refractivity contribution in [1.29, 1.82) is 0 Å². The van der Waals surface area contributed by atoms with Crippen molar-refractivity contribution in [2.24, 2.45) is 0 Å². The van der Waals surface area contributed by atoms with Crippen LogP contribution in [0.1, 0.15) is 15.9 Å². The summed E-state index contributed by atoms with van der Waals surface area (Å²) in [6.45, 7) is 3.37. The van der Waals surface area contributed by atoms with E-state index in [4.69, 9.17) is 11.6 Å². The minimum absolute atomic E-state index is 0.134. The molecule has 6 heteroatoms. The molecule has 0 aliphatic carbocycles. The summed E-state index contributed by atoms with van der Waals surface area (Å²) in [5.41, 5.74) is 3.23. The van der Waals surface area contributed by atoms with Gasteiger partial charge in [-0.25, -0.2) is 0 Å². The molecule has 0 radical (unpaired) electrons. The summed E-state index contributed by atoms with van der Waals surface area (Å²) in [5.74, 6) is -0.134. The topological polar surface area (TPSA) is 57.3 Å². The van der Waals surface area contributed by atoms with Crippen LogP contribution in [0.25, 0.3) is 0 Å². The van der Waals surface area contributed by atoms with Crippen molar-refractivity contribution in [2.45, 2.75) is 6.92 Å². The van der Waals surface area contributed by atoms with E-state index in [1.165, 1.54) is 0 Å². The molecule has 1 heterocycles. The molecule has 2 aromatic rings. The standard InChI is InChI=1S/C17H21ClN4O/c1-12-4-5-14(18)9-16(12)21-15-8-13(10-19-11-15)17(23)20-6-7-22(2)3/h4-5,8-11,21H,6-7H2,1-3H3,(H,20,23). The Balaban J connectivity index is 2.07. The molecule has 0 bridgehead atoms. The van der Waals surface area contributed by atoms with Crippen molar-refractivity contribution in [3.63, 3.8) is 0 Å². The highest BCUT2D eigenvalue weighted by Gasteiger charge is 2.08. The van der Waals surface area contributed by atoms with Gasteiger partial charge < -0.3 is 15.5 Å². The predicted molar refractivity (Wildman–Crippen MR) is 94.6 cm³/mol. The van der Waals surface area contributed by atoms with Crippen LogP contribution in [-0.4, -0.2) is 43.0 Å². The Morgan fingerprint density at radius 3 is 2.78 bits per heavy atom. The third-order valence-electron chi connectivity index (χ3n) is 3.32. The van der Waals surface area contributed by atoms with Gasteiger partial charge in [-0.15, -0.1) is 0 Å². The molecule has 5 nitrogen and oxygen atoms in total. The molecule has 0 saturated heterocycles. The fraction of sp³-hybridized carbons (Fsp3) is 0.294. The van der Waals surface area contributed by atoms with Gasteiger partial charge in [0.05, 0.1) is 17.4 Å². The summed E-state index contributed by atoms with van der Waals surface area (Å²) in [4.78, 5) is 18.3. The molecule has 0 spiro atoms. The summed E-state index contributed by atoms with van der Waals surface area (Å²) in [6.07, 6.45) is 3.23. The SMILES string of the molecule is Cc1ccc(Cl)cc1Nc1cncc(C(=O)NCCN(C)C)c1. The van der Waals surface area contributed by atoms with Gasteiger partial charge >= 0.3 is 0 Å². The second-order valence-electron chi connectivity index (χ2n) is 5.61. The first kappa shape index (κ1) is 17.2. The van der Waals surface area contributed by atoms with Gasteiger partial charge in [-0.1, -0.05) is 17.7 Å². The zero-order chi connectivity index (χ0) is 16.8. The van der Waals surface area contributed by atoms with E-state index in [2.05, 4.69) is 15.6 Å². The molecule has 0 atom stereocenters. The van der Waals surface area contributed by atoms with Gasteiger partial charge in [0.15, 0.2) is 0 Å². The lowest BCUT2D eigenvalue weighted by Crippen LogP contribution is -2.31. The zero-order valence-electron chi connectivity index (χ0n) is 13.6. The molecule has 2 rings (SSSR count). The zero-order valence-corrected chi connectivity index (χ0v) is 14.3. The van der Waals surface area contributed by atoms with Crippen molar-refractivity contribution >= 4 is 28.9 Å². The van der Waals surface area contributed by atoms with Gasteiger partial charge in [-0.3, -0.25) is 9.78 Å². The Kier molecular flexibility index (Phi) is 5.96. The average molecular weight is 333 g/mol. The molecule has 0 unspecified atom stereocenters. The Morgan fingerprint density at radius 2 is 2.04 bits per heavy atom. The molecule has 1 aromatic heterocycles. The van der Waals surface area contributed by atoms with Gasteiger partial charge in [0.1, 0.15) is 0 Å². The second-order valence-corrected chi connectivity index (χ2v) is 6.04. The number of hydrogen-bond acceptors (Lipinski definition) is 4.